The number of benzene rings is 1. The zero-order valence-corrected chi connectivity index (χ0v) is 11.1. The molecule has 0 radical (unpaired) electrons. The third-order valence-electron chi connectivity index (χ3n) is 2.18. The van der Waals surface area contributed by atoms with E-state index in [9.17, 15) is 10.0 Å². The lowest BCUT2D eigenvalue weighted by Gasteiger charge is -2.09. The van der Waals surface area contributed by atoms with Crippen LogP contribution in [-0.4, -0.2) is 16.3 Å². The Morgan fingerprint density at radius 1 is 1.39 bits per heavy atom. The molecule has 94 valence electrons. The Morgan fingerprint density at radius 2 is 2.11 bits per heavy atom. The zero-order chi connectivity index (χ0) is 13.0. The molecule has 0 aliphatic carbocycles. The lowest BCUT2D eigenvalue weighted by Crippen LogP contribution is -2.31. The minimum Gasteiger partial charge on any atom is -0.350 e. The van der Waals surface area contributed by atoms with Crippen molar-refractivity contribution in [3.8, 4) is 0 Å². The molecule has 4 nitrogen and oxygen atoms in total. The van der Waals surface area contributed by atoms with Crippen molar-refractivity contribution in [2.45, 2.75) is 15.6 Å². The van der Waals surface area contributed by atoms with E-state index in [1.54, 1.807) is 23.1 Å². The second-order valence-electron chi connectivity index (χ2n) is 3.58. The van der Waals surface area contributed by atoms with Crippen molar-refractivity contribution in [1.29, 1.82) is 0 Å². The number of hydrogen-bond donors (Lipinski definition) is 2. The Morgan fingerprint density at radius 3 is 2.78 bits per heavy atom. The number of hydroxylamine groups is 2. The largest absolute Gasteiger partial charge is 0.350 e. The van der Waals surface area contributed by atoms with Crippen molar-refractivity contribution < 1.29 is 10.0 Å². The molecule has 2 aromatic rings. The number of carbonyl (C=O) groups is 1. The average molecular weight is 280 g/mol. The van der Waals surface area contributed by atoms with Crippen LogP contribution in [0.2, 0.25) is 0 Å². The van der Waals surface area contributed by atoms with Crippen LogP contribution in [0.25, 0.3) is 0 Å². The highest BCUT2D eigenvalue weighted by Crippen LogP contribution is 2.32. The quantitative estimate of drug-likeness (QED) is 0.667. The number of thiophene rings is 1. The summed E-state index contributed by atoms with van der Waals surface area (Å²) in [7, 11) is 0. The van der Waals surface area contributed by atoms with Crippen molar-refractivity contribution in [2.75, 3.05) is 0 Å². The van der Waals surface area contributed by atoms with Gasteiger partial charge in [-0.15, -0.1) is 11.3 Å². The van der Waals surface area contributed by atoms with Crippen molar-refractivity contribution in [2.24, 2.45) is 5.73 Å². The van der Waals surface area contributed by atoms with E-state index in [1.807, 2.05) is 41.8 Å². The first-order valence-corrected chi connectivity index (χ1v) is 6.91. The highest BCUT2D eigenvalue weighted by atomic mass is 32.2. The number of urea groups is 1. The second-order valence-corrected chi connectivity index (χ2v) is 5.87. The predicted octanol–water partition coefficient (Wildman–Crippen LogP) is 3.17. The van der Waals surface area contributed by atoms with Crippen LogP contribution in [0.4, 0.5) is 4.79 Å². The van der Waals surface area contributed by atoms with Gasteiger partial charge < -0.3 is 5.73 Å². The van der Waals surface area contributed by atoms with Crippen LogP contribution < -0.4 is 5.73 Å². The molecule has 1 heterocycles. The summed E-state index contributed by atoms with van der Waals surface area (Å²) in [6, 6.07) is 11.1. The molecule has 2 amide bonds. The number of amides is 2. The maximum absolute atomic E-state index is 10.7. The molecule has 0 saturated carbocycles. The molecule has 6 heteroatoms. The van der Waals surface area contributed by atoms with Crippen molar-refractivity contribution in [3.05, 3.63) is 47.3 Å². The summed E-state index contributed by atoms with van der Waals surface area (Å²) >= 11 is 3.22. The highest BCUT2D eigenvalue weighted by Gasteiger charge is 2.08. The van der Waals surface area contributed by atoms with Gasteiger partial charge >= 0.3 is 6.03 Å². The minimum atomic E-state index is -0.849. The highest BCUT2D eigenvalue weighted by molar-refractivity contribution is 8.01. The van der Waals surface area contributed by atoms with Crippen molar-refractivity contribution >= 4 is 29.1 Å². The average Bonchev–Trinajstić information content (AvgIpc) is 2.77. The lowest BCUT2D eigenvalue weighted by atomic mass is 10.3. The number of hydrogen-bond acceptors (Lipinski definition) is 4. The van der Waals surface area contributed by atoms with E-state index in [0.29, 0.717) is 5.06 Å². The van der Waals surface area contributed by atoms with Gasteiger partial charge in [0.25, 0.3) is 0 Å². The van der Waals surface area contributed by atoms with Gasteiger partial charge in [-0.1, -0.05) is 30.0 Å². The first-order chi connectivity index (χ1) is 8.65. The fraction of sp³-hybridized carbons (Fsp3) is 0.0833. The van der Waals surface area contributed by atoms with Crippen LogP contribution in [0.1, 0.15) is 5.56 Å². The fourth-order valence-electron chi connectivity index (χ4n) is 1.35. The summed E-state index contributed by atoms with van der Waals surface area (Å²) in [4.78, 5) is 11.9. The molecule has 3 N–H and O–H groups in total. The van der Waals surface area contributed by atoms with Gasteiger partial charge in [-0.3, -0.25) is 5.21 Å². The molecule has 0 saturated heterocycles. The summed E-state index contributed by atoms with van der Waals surface area (Å²) < 4.78 is 1.11. The van der Waals surface area contributed by atoms with Crippen LogP contribution >= 0.6 is 23.1 Å². The van der Waals surface area contributed by atoms with Crippen LogP contribution in [0.15, 0.2) is 50.9 Å². The Hall–Kier alpha value is -1.50. The number of carbonyl (C=O) groups excluding carboxylic acids is 1. The van der Waals surface area contributed by atoms with Crippen molar-refractivity contribution in [3.63, 3.8) is 0 Å². The van der Waals surface area contributed by atoms with Gasteiger partial charge in [0.15, 0.2) is 0 Å². The molecule has 0 bridgehead atoms. The van der Waals surface area contributed by atoms with E-state index in [1.165, 1.54) is 0 Å². The Labute approximate surface area is 113 Å². The van der Waals surface area contributed by atoms with E-state index in [4.69, 9.17) is 5.73 Å². The molecule has 2 rings (SSSR count). The fourth-order valence-corrected chi connectivity index (χ4v) is 3.34. The topological polar surface area (TPSA) is 66.6 Å². The lowest BCUT2D eigenvalue weighted by molar-refractivity contribution is -0.0469. The molecule has 1 aromatic carbocycles. The standard InChI is InChI=1S/C12H12N2O2S2/c13-12(15)14(16)7-9-6-11(17-8-9)18-10-4-2-1-3-5-10/h1-6,8,16H,7H2,(H2,13,15). The monoisotopic (exact) mass is 280 g/mol. The van der Waals surface area contributed by atoms with E-state index in [2.05, 4.69) is 0 Å². The summed E-state index contributed by atoms with van der Waals surface area (Å²) in [6.07, 6.45) is 0. The van der Waals surface area contributed by atoms with Gasteiger partial charge in [-0.2, -0.15) is 0 Å². The van der Waals surface area contributed by atoms with Gasteiger partial charge in [-0.05, 0) is 29.1 Å². The molecule has 0 aliphatic rings. The van der Waals surface area contributed by atoms with Crippen LogP contribution in [0, 0.1) is 0 Å². The Kier molecular flexibility index (Phi) is 4.24. The van der Waals surface area contributed by atoms with Gasteiger partial charge in [0.1, 0.15) is 0 Å². The molecule has 0 spiro atoms. The van der Waals surface area contributed by atoms with Gasteiger partial charge in [0.2, 0.25) is 0 Å². The molecule has 0 atom stereocenters. The summed E-state index contributed by atoms with van der Waals surface area (Å²) in [5, 5.41) is 11.6. The van der Waals surface area contributed by atoms with Crippen LogP contribution in [0.5, 0.6) is 0 Å². The van der Waals surface area contributed by atoms with Gasteiger partial charge in [-0.25, -0.2) is 9.86 Å². The Bertz CT molecular complexity index is 528. The van der Waals surface area contributed by atoms with Crippen molar-refractivity contribution in [1.82, 2.24) is 5.06 Å². The predicted molar refractivity (Wildman–Crippen MR) is 71.8 cm³/mol. The second kappa shape index (κ2) is 5.90. The molecule has 18 heavy (non-hydrogen) atoms. The number of nitrogens with zero attached hydrogens (tertiary/aromatic N) is 1. The normalized spacial score (nSPS) is 10.3. The third-order valence-corrected chi connectivity index (χ3v) is 4.31. The molecule has 1 aromatic heterocycles. The molecule has 0 fully saturated rings. The SMILES string of the molecule is NC(=O)N(O)Cc1csc(Sc2ccccc2)c1. The first kappa shape index (κ1) is 12.9. The maximum Gasteiger partial charge on any atom is 0.338 e. The molecule has 0 unspecified atom stereocenters. The summed E-state index contributed by atoms with van der Waals surface area (Å²) in [5.41, 5.74) is 5.81. The van der Waals surface area contributed by atoms with E-state index in [0.717, 1.165) is 14.7 Å². The first-order valence-electron chi connectivity index (χ1n) is 5.21. The van der Waals surface area contributed by atoms with E-state index < -0.39 is 6.03 Å². The third kappa shape index (κ3) is 3.49. The van der Waals surface area contributed by atoms with Crippen LogP contribution in [-0.2, 0) is 6.54 Å². The molecular formula is C12H12N2O2S2. The van der Waals surface area contributed by atoms with Gasteiger partial charge in [0, 0.05) is 4.90 Å². The number of rotatable bonds is 4. The van der Waals surface area contributed by atoms with E-state index >= 15 is 0 Å². The maximum atomic E-state index is 10.7. The summed E-state index contributed by atoms with van der Waals surface area (Å²) in [6.45, 7) is 0.112. The minimum absolute atomic E-state index is 0.112. The smallest absolute Gasteiger partial charge is 0.338 e. The van der Waals surface area contributed by atoms with E-state index in [-0.39, 0.29) is 6.54 Å². The summed E-state index contributed by atoms with van der Waals surface area (Å²) in [5.74, 6) is 0. The Balaban J connectivity index is 2.00. The zero-order valence-electron chi connectivity index (χ0n) is 9.45. The number of nitrogens with two attached hydrogens (primary N) is 1. The molecule has 0 aliphatic heterocycles. The van der Waals surface area contributed by atoms with Crippen LogP contribution in [0.3, 0.4) is 0 Å². The van der Waals surface area contributed by atoms with Gasteiger partial charge in [0.05, 0.1) is 10.8 Å². The molecular weight excluding hydrogens is 268 g/mol. The number of primary amides is 1.